The van der Waals surface area contributed by atoms with Crippen molar-refractivity contribution in [2.45, 2.75) is 32.4 Å². The molecule has 2 rings (SSSR count). The van der Waals surface area contributed by atoms with Gasteiger partial charge in [-0.05, 0) is 51.1 Å². The van der Waals surface area contributed by atoms with Gasteiger partial charge < -0.3 is 10.6 Å². The molecule has 1 heterocycles. The Bertz CT molecular complexity index is 449. The smallest absolute Gasteiger partial charge is 0.0473 e. The van der Waals surface area contributed by atoms with Crippen molar-refractivity contribution in [3.8, 4) is 0 Å². The SMILES string of the molecule is Cc1cc(C(CN)N2CCCN(C)CC2C)ccc1Br. The molecule has 0 aromatic heterocycles. The standard InChI is InChI=1S/C16H26BrN3/c1-12-9-14(5-6-15(12)17)16(10-18)20-8-4-7-19(3)11-13(20)2/h5-6,9,13,16H,4,7-8,10-11,18H2,1-3H3. The summed E-state index contributed by atoms with van der Waals surface area (Å²) >= 11 is 3.58. The lowest BCUT2D eigenvalue weighted by atomic mass is 10.0. The van der Waals surface area contributed by atoms with Gasteiger partial charge in [0.15, 0.2) is 0 Å². The molecule has 0 radical (unpaired) electrons. The molecule has 2 atom stereocenters. The molecule has 1 fully saturated rings. The van der Waals surface area contributed by atoms with Gasteiger partial charge in [0, 0.05) is 36.2 Å². The van der Waals surface area contributed by atoms with Gasteiger partial charge in [-0.15, -0.1) is 0 Å². The van der Waals surface area contributed by atoms with E-state index >= 15 is 0 Å². The molecule has 0 amide bonds. The maximum absolute atomic E-state index is 6.10. The number of nitrogens with zero attached hydrogens (tertiary/aromatic N) is 2. The van der Waals surface area contributed by atoms with E-state index in [2.05, 4.69) is 64.8 Å². The maximum Gasteiger partial charge on any atom is 0.0473 e. The van der Waals surface area contributed by atoms with E-state index in [0.29, 0.717) is 18.6 Å². The monoisotopic (exact) mass is 339 g/mol. The van der Waals surface area contributed by atoms with Gasteiger partial charge in [-0.25, -0.2) is 0 Å². The summed E-state index contributed by atoms with van der Waals surface area (Å²) in [6.45, 7) is 8.55. The third-order valence-corrected chi connectivity index (χ3v) is 5.18. The van der Waals surface area contributed by atoms with E-state index in [-0.39, 0.29) is 0 Å². The lowest BCUT2D eigenvalue weighted by molar-refractivity contribution is 0.146. The van der Waals surface area contributed by atoms with Gasteiger partial charge in [-0.1, -0.05) is 28.1 Å². The largest absolute Gasteiger partial charge is 0.329 e. The minimum Gasteiger partial charge on any atom is -0.329 e. The summed E-state index contributed by atoms with van der Waals surface area (Å²) in [5.41, 5.74) is 8.72. The summed E-state index contributed by atoms with van der Waals surface area (Å²) in [6, 6.07) is 7.48. The average molecular weight is 340 g/mol. The van der Waals surface area contributed by atoms with E-state index in [9.17, 15) is 0 Å². The number of aryl methyl sites for hydroxylation is 1. The molecule has 0 saturated carbocycles. The van der Waals surface area contributed by atoms with Crippen molar-refractivity contribution in [3.63, 3.8) is 0 Å². The van der Waals surface area contributed by atoms with Crippen LogP contribution in [0.1, 0.15) is 30.5 Å². The molecule has 0 bridgehead atoms. The summed E-state index contributed by atoms with van der Waals surface area (Å²) in [7, 11) is 2.21. The first-order chi connectivity index (χ1) is 9.52. The highest BCUT2D eigenvalue weighted by molar-refractivity contribution is 9.10. The van der Waals surface area contributed by atoms with Crippen LogP contribution in [0.25, 0.3) is 0 Å². The Morgan fingerprint density at radius 2 is 2.15 bits per heavy atom. The van der Waals surface area contributed by atoms with Gasteiger partial charge in [-0.3, -0.25) is 4.90 Å². The number of likely N-dealkylation sites (N-methyl/N-ethyl adjacent to an activating group) is 1. The zero-order valence-corrected chi connectivity index (χ0v) is 14.4. The van der Waals surface area contributed by atoms with Crippen LogP contribution in [0, 0.1) is 6.92 Å². The minimum atomic E-state index is 0.322. The van der Waals surface area contributed by atoms with Crippen molar-refractivity contribution in [2.75, 3.05) is 33.2 Å². The van der Waals surface area contributed by atoms with Crippen LogP contribution in [0.3, 0.4) is 0 Å². The molecular formula is C16H26BrN3. The molecule has 1 aromatic rings. The fourth-order valence-corrected chi connectivity index (χ4v) is 3.44. The predicted molar refractivity (Wildman–Crippen MR) is 89.0 cm³/mol. The molecular weight excluding hydrogens is 314 g/mol. The Balaban J connectivity index is 2.23. The van der Waals surface area contributed by atoms with E-state index in [1.807, 2.05) is 0 Å². The van der Waals surface area contributed by atoms with Crippen molar-refractivity contribution in [3.05, 3.63) is 33.8 Å². The number of benzene rings is 1. The summed E-state index contributed by atoms with van der Waals surface area (Å²) < 4.78 is 1.17. The van der Waals surface area contributed by atoms with Crippen molar-refractivity contribution in [1.29, 1.82) is 0 Å². The quantitative estimate of drug-likeness (QED) is 0.918. The Kier molecular flexibility index (Phi) is 5.61. The Hall–Kier alpha value is -0.420. The summed E-state index contributed by atoms with van der Waals surface area (Å²) in [5, 5.41) is 0. The van der Waals surface area contributed by atoms with Crippen LogP contribution in [0.4, 0.5) is 0 Å². The first-order valence-electron chi connectivity index (χ1n) is 7.43. The predicted octanol–water partition coefficient (Wildman–Crippen LogP) is 2.78. The van der Waals surface area contributed by atoms with Crippen LogP contribution in [-0.2, 0) is 0 Å². The molecule has 0 spiro atoms. The van der Waals surface area contributed by atoms with Gasteiger partial charge in [0.25, 0.3) is 0 Å². The third kappa shape index (κ3) is 3.61. The van der Waals surface area contributed by atoms with E-state index in [1.165, 1.54) is 28.6 Å². The van der Waals surface area contributed by atoms with Gasteiger partial charge in [0.1, 0.15) is 0 Å². The maximum atomic E-state index is 6.10. The molecule has 20 heavy (non-hydrogen) atoms. The van der Waals surface area contributed by atoms with E-state index < -0.39 is 0 Å². The second-order valence-electron chi connectivity index (χ2n) is 5.96. The fourth-order valence-electron chi connectivity index (χ4n) is 3.19. The minimum absolute atomic E-state index is 0.322. The van der Waals surface area contributed by atoms with Crippen molar-refractivity contribution < 1.29 is 0 Å². The second-order valence-corrected chi connectivity index (χ2v) is 6.82. The molecule has 2 N–H and O–H groups in total. The number of rotatable bonds is 3. The molecule has 1 saturated heterocycles. The molecule has 1 aliphatic heterocycles. The summed E-state index contributed by atoms with van der Waals surface area (Å²) in [4.78, 5) is 5.00. The summed E-state index contributed by atoms with van der Waals surface area (Å²) in [5.74, 6) is 0. The highest BCUT2D eigenvalue weighted by Crippen LogP contribution is 2.27. The lowest BCUT2D eigenvalue weighted by Crippen LogP contribution is -2.43. The van der Waals surface area contributed by atoms with E-state index in [4.69, 9.17) is 5.73 Å². The van der Waals surface area contributed by atoms with Crippen molar-refractivity contribution in [2.24, 2.45) is 5.73 Å². The average Bonchev–Trinajstić information content (AvgIpc) is 2.56. The first-order valence-corrected chi connectivity index (χ1v) is 8.22. The van der Waals surface area contributed by atoms with Crippen molar-refractivity contribution in [1.82, 2.24) is 9.80 Å². The van der Waals surface area contributed by atoms with Crippen LogP contribution in [0.2, 0.25) is 0 Å². The zero-order chi connectivity index (χ0) is 14.7. The van der Waals surface area contributed by atoms with Gasteiger partial charge >= 0.3 is 0 Å². The van der Waals surface area contributed by atoms with Crippen LogP contribution in [-0.4, -0.2) is 49.1 Å². The van der Waals surface area contributed by atoms with Gasteiger partial charge in [-0.2, -0.15) is 0 Å². The highest BCUT2D eigenvalue weighted by atomic mass is 79.9. The number of hydrogen-bond acceptors (Lipinski definition) is 3. The van der Waals surface area contributed by atoms with Crippen molar-refractivity contribution >= 4 is 15.9 Å². The van der Waals surface area contributed by atoms with E-state index in [1.54, 1.807) is 0 Å². The number of hydrogen-bond donors (Lipinski definition) is 1. The lowest BCUT2D eigenvalue weighted by Gasteiger charge is -2.35. The number of nitrogens with two attached hydrogens (primary N) is 1. The number of halogens is 1. The van der Waals surface area contributed by atoms with Gasteiger partial charge in [0.2, 0.25) is 0 Å². The Morgan fingerprint density at radius 3 is 2.80 bits per heavy atom. The molecule has 1 aliphatic rings. The Labute approximate surface area is 131 Å². The van der Waals surface area contributed by atoms with Crippen LogP contribution in [0.15, 0.2) is 22.7 Å². The molecule has 4 heteroatoms. The second kappa shape index (κ2) is 7.03. The molecule has 1 aromatic carbocycles. The summed E-state index contributed by atoms with van der Waals surface area (Å²) in [6.07, 6.45) is 1.22. The van der Waals surface area contributed by atoms with E-state index in [0.717, 1.165) is 13.1 Å². The zero-order valence-electron chi connectivity index (χ0n) is 12.8. The van der Waals surface area contributed by atoms with Gasteiger partial charge in [0.05, 0.1) is 0 Å². The fraction of sp³-hybridized carbons (Fsp3) is 0.625. The Morgan fingerprint density at radius 1 is 1.40 bits per heavy atom. The molecule has 0 aliphatic carbocycles. The molecule has 112 valence electrons. The molecule has 3 nitrogen and oxygen atoms in total. The highest BCUT2D eigenvalue weighted by Gasteiger charge is 2.26. The third-order valence-electron chi connectivity index (χ3n) is 4.29. The first kappa shape index (κ1) is 16.0. The van der Waals surface area contributed by atoms with Crippen LogP contribution < -0.4 is 5.73 Å². The van der Waals surface area contributed by atoms with Crippen LogP contribution in [0.5, 0.6) is 0 Å². The van der Waals surface area contributed by atoms with Crippen LogP contribution >= 0.6 is 15.9 Å². The normalized spacial score (nSPS) is 23.6. The topological polar surface area (TPSA) is 32.5 Å². The molecule has 2 unspecified atom stereocenters.